The molecule has 0 aliphatic heterocycles. The summed E-state index contributed by atoms with van der Waals surface area (Å²) in [6.07, 6.45) is 1.96. The molecule has 4 heteroatoms. The maximum absolute atomic E-state index is 13.3. The van der Waals surface area contributed by atoms with E-state index in [1.165, 1.54) is 23.3 Å². The molecule has 1 aromatic heterocycles. The Hall–Kier alpha value is -1.94. The number of aromatic amines is 1. The Morgan fingerprint density at radius 1 is 1.10 bits per heavy atom. The summed E-state index contributed by atoms with van der Waals surface area (Å²) < 4.78 is 16.1. The first-order valence-corrected chi connectivity index (χ1v) is 7.10. The van der Waals surface area contributed by atoms with Crippen LogP contribution in [0.5, 0.6) is 0 Å². The third kappa shape index (κ3) is 1.72. The van der Waals surface area contributed by atoms with Gasteiger partial charge >= 0.3 is 0 Å². The lowest BCUT2D eigenvalue weighted by atomic mass is 10.1. The summed E-state index contributed by atoms with van der Waals surface area (Å²) in [4.78, 5) is 3.11. The van der Waals surface area contributed by atoms with Crippen molar-refractivity contribution in [1.29, 1.82) is 0 Å². The van der Waals surface area contributed by atoms with Crippen LogP contribution in [0.1, 0.15) is 17.2 Å². The zero-order valence-electron chi connectivity index (χ0n) is 10.8. The second-order valence-electron chi connectivity index (χ2n) is 5.29. The largest absolute Gasteiger partial charge is 0.330 e. The third-order valence-electron chi connectivity index (χ3n) is 4.07. The van der Waals surface area contributed by atoms with Crippen LogP contribution >= 0.6 is 12.2 Å². The molecule has 2 nitrogen and oxygen atoms in total. The van der Waals surface area contributed by atoms with Crippen LogP contribution in [0, 0.1) is 10.6 Å². The highest BCUT2D eigenvalue weighted by atomic mass is 32.1. The molecule has 0 fully saturated rings. The van der Waals surface area contributed by atoms with E-state index in [2.05, 4.69) is 33.8 Å². The molecule has 1 aliphatic carbocycles. The van der Waals surface area contributed by atoms with Crippen LogP contribution in [0.15, 0.2) is 42.5 Å². The Bertz CT molecular complexity index is 837. The van der Waals surface area contributed by atoms with Crippen molar-refractivity contribution in [2.24, 2.45) is 0 Å². The van der Waals surface area contributed by atoms with Gasteiger partial charge < -0.3 is 9.55 Å². The quantitative estimate of drug-likeness (QED) is 0.665. The van der Waals surface area contributed by atoms with Gasteiger partial charge in [-0.05, 0) is 54.4 Å². The number of imidazole rings is 1. The number of hydrogen-bond donors (Lipinski definition) is 1. The number of halogens is 1. The summed E-state index contributed by atoms with van der Waals surface area (Å²) in [5.74, 6) is -0.240. The average Bonchev–Trinajstić information content (AvgIpc) is 2.97. The summed E-state index contributed by atoms with van der Waals surface area (Å²) in [5, 5.41) is 0. The average molecular weight is 284 g/mol. The maximum atomic E-state index is 13.3. The molecule has 4 rings (SSSR count). The lowest BCUT2D eigenvalue weighted by Crippen LogP contribution is -2.08. The summed E-state index contributed by atoms with van der Waals surface area (Å²) in [7, 11) is 0. The van der Waals surface area contributed by atoms with Crippen molar-refractivity contribution in [2.45, 2.75) is 18.9 Å². The summed E-state index contributed by atoms with van der Waals surface area (Å²) in [5.41, 5.74) is 4.52. The number of rotatable bonds is 1. The summed E-state index contributed by atoms with van der Waals surface area (Å²) in [6.45, 7) is 0. The standard InChI is InChI=1S/C16H13FN2S/c17-12-5-6-15-14(9-12)18-16(20)19(15)13-7-10-3-1-2-4-11(10)8-13/h1-6,9,13H,7-8H2,(H,18,20). The van der Waals surface area contributed by atoms with Crippen LogP contribution in [-0.4, -0.2) is 9.55 Å². The molecule has 0 saturated carbocycles. The number of benzene rings is 2. The maximum Gasteiger partial charge on any atom is 0.178 e. The highest BCUT2D eigenvalue weighted by molar-refractivity contribution is 7.71. The summed E-state index contributed by atoms with van der Waals surface area (Å²) >= 11 is 5.43. The van der Waals surface area contributed by atoms with Gasteiger partial charge in [0.25, 0.3) is 0 Å². The van der Waals surface area contributed by atoms with Crippen molar-refractivity contribution < 1.29 is 4.39 Å². The van der Waals surface area contributed by atoms with Crippen molar-refractivity contribution in [1.82, 2.24) is 9.55 Å². The highest BCUT2D eigenvalue weighted by Gasteiger charge is 2.24. The molecule has 2 aromatic carbocycles. The number of H-pyrrole nitrogens is 1. The topological polar surface area (TPSA) is 20.7 Å². The normalized spacial score (nSPS) is 14.8. The zero-order valence-corrected chi connectivity index (χ0v) is 11.6. The van der Waals surface area contributed by atoms with E-state index in [0.29, 0.717) is 10.8 Å². The Labute approximate surface area is 120 Å². The Balaban J connectivity index is 1.85. The first kappa shape index (κ1) is 11.9. The minimum absolute atomic E-state index is 0.240. The van der Waals surface area contributed by atoms with Gasteiger partial charge in [0.1, 0.15) is 5.82 Å². The smallest absolute Gasteiger partial charge is 0.178 e. The van der Waals surface area contributed by atoms with E-state index in [1.807, 2.05) is 0 Å². The van der Waals surface area contributed by atoms with Gasteiger partial charge in [-0.1, -0.05) is 24.3 Å². The molecular formula is C16H13FN2S. The lowest BCUT2D eigenvalue weighted by Gasteiger charge is -2.12. The van der Waals surface area contributed by atoms with E-state index >= 15 is 0 Å². The van der Waals surface area contributed by atoms with Crippen molar-refractivity contribution in [3.63, 3.8) is 0 Å². The summed E-state index contributed by atoms with van der Waals surface area (Å²) in [6, 6.07) is 13.6. The third-order valence-corrected chi connectivity index (χ3v) is 4.37. The lowest BCUT2D eigenvalue weighted by molar-refractivity contribution is 0.537. The second kappa shape index (κ2) is 4.28. The molecule has 0 unspecified atom stereocenters. The number of hydrogen-bond acceptors (Lipinski definition) is 1. The molecule has 0 amide bonds. The molecule has 20 heavy (non-hydrogen) atoms. The molecule has 0 spiro atoms. The van der Waals surface area contributed by atoms with E-state index in [9.17, 15) is 4.39 Å². The van der Waals surface area contributed by atoms with Crippen molar-refractivity contribution in [3.05, 3.63) is 64.2 Å². The van der Waals surface area contributed by atoms with Crippen LogP contribution < -0.4 is 0 Å². The van der Waals surface area contributed by atoms with Gasteiger partial charge in [0.2, 0.25) is 0 Å². The van der Waals surface area contributed by atoms with Gasteiger partial charge in [-0.2, -0.15) is 0 Å². The molecule has 1 N–H and O–H groups in total. The number of nitrogens with zero attached hydrogens (tertiary/aromatic N) is 1. The van der Waals surface area contributed by atoms with Crippen LogP contribution in [0.3, 0.4) is 0 Å². The fraction of sp³-hybridized carbons (Fsp3) is 0.188. The molecule has 0 radical (unpaired) electrons. The van der Waals surface area contributed by atoms with Gasteiger partial charge in [0, 0.05) is 6.04 Å². The monoisotopic (exact) mass is 284 g/mol. The molecule has 3 aromatic rings. The predicted molar refractivity (Wildman–Crippen MR) is 80.0 cm³/mol. The molecule has 1 heterocycles. The van der Waals surface area contributed by atoms with E-state index < -0.39 is 0 Å². The fourth-order valence-electron chi connectivity index (χ4n) is 3.18. The van der Waals surface area contributed by atoms with Crippen LogP contribution in [0.2, 0.25) is 0 Å². The van der Waals surface area contributed by atoms with E-state index in [4.69, 9.17) is 12.2 Å². The van der Waals surface area contributed by atoms with E-state index in [1.54, 1.807) is 6.07 Å². The van der Waals surface area contributed by atoms with Crippen LogP contribution in [0.25, 0.3) is 11.0 Å². The number of fused-ring (bicyclic) bond motifs is 2. The first-order valence-electron chi connectivity index (χ1n) is 6.69. The van der Waals surface area contributed by atoms with Gasteiger partial charge in [0.15, 0.2) is 4.77 Å². The van der Waals surface area contributed by atoms with E-state index in [0.717, 1.165) is 23.9 Å². The Kier molecular flexibility index (Phi) is 2.54. The van der Waals surface area contributed by atoms with Gasteiger partial charge in [-0.3, -0.25) is 0 Å². The minimum Gasteiger partial charge on any atom is -0.330 e. The van der Waals surface area contributed by atoms with Crippen molar-refractivity contribution >= 4 is 23.3 Å². The molecule has 100 valence electrons. The molecule has 0 bridgehead atoms. The molecule has 0 atom stereocenters. The Morgan fingerprint density at radius 2 is 1.80 bits per heavy atom. The van der Waals surface area contributed by atoms with Gasteiger partial charge in [0.05, 0.1) is 11.0 Å². The van der Waals surface area contributed by atoms with Gasteiger partial charge in [-0.15, -0.1) is 0 Å². The fourth-order valence-corrected chi connectivity index (χ4v) is 3.54. The minimum atomic E-state index is -0.240. The number of nitrogens with one attached hydrogen (secondary N) is 1. The SMILES string of the molecule is Fc1ccc2c(c1)[nH]c(=S)n2C1Cc2ccccc2C1. The Morgan fingerprint density at radius 3 is 2.50 bits per heavy atom. The molecular weight excluding hydrogens is 271 g/mol. The molecule has 0 saturated heterocycles. The zero-order chi connectivity index (χ0) is 13.7. The molecule has 1 aliphatic rings. The highest BCUT2D eigenvalue weighted by Crippen LogP contribution is 2.32. The van der Waals surface area contributed by atoms with Gasteiger partial charge in [-0.25, -0.2) is 4.39 Å². The number of aromatic nitrogens is 2. The predicted octanol–water partition coefficient (Wildman–Crippen LogP) is 4.18. The van der Waals surface area contributed by atoms with Crippen LogP contribution in [0.4, 0.5) is 4.39 Å². The first-order chi connectivity index (χ1) is 9.72. The second-order valence-corrected chi connectivity index (χ2v) is 5.68. The van der Waals surface area contributed by atoms with Crippen molar-refractivity contribution in [3.8, 4) is 0 Å². The van der Waals surface area contributed by atoms with Crippen molar-refractivity contribution in [2.75, 3.05) is 0 Å². The van der Waals surface area contributed by atoms with E-state index in [-0.39, 0.29) is 5.82 Å². The van der Waals surface area contributed by atoms with Crippen LogP contribution in [-0.2, 0) is 12.8 Å².